The normalized spacial score (nSPS) is 15.9. The molecule has 1 aromatic rings. The molecule has 0 unspecified atom stereocenters. The van der Waals surface area contributed by atoms with Gasteiger partial charge in [-0.3, -0.25) is 14.5 Å². The topological polar surface area (TPSA) is 49.9 Å². The highest BCUT2D eigenvalue weighted by Crippen LogP contribution is 2.19. The number of benzene rings is 1. The SMILES string of the molecule is CCOC(=O)CN1CCCN(C(=O)c2c(F)ccc(F)c2F)CC1. The number of hydrogen-bond acceptors (Lipinski definition) is 4. The van der Waals surface area contributed by atoms with Crippen molar-refractivity contribution in [3.05, 3.63) is 35.1 Å². The number of carbonyl (C=O) groups is 2. The summed E-state index contributed by atoms with van der Waals surface area (Å²) in [6.45, 7) is 3.47. The van der Waals surface area contributed by atoms with Crippen LogP contribution in [0.25, 0.3) is 0 Å². The summed E-state index contributed by atoms with van der Waals surface area (Å²) in [4.78, 5) is 26.9. The minimum atomic E-state index is -1.48. The van der Waals surface area contributed by atoms with Gasteiger partial charge in [-0.15, -0.1) is 0 Å². The summed E-state index contributed by atoms with van der Waals surface area (Å²) in [6.07, 6.45) is 0.531. The predicted molar refractivity (Wildman–Crippen MR) is 79.9 cm³/mol. The average molecular weight is 344 g/mol. The fourth-order valence-electron chi connectivity index (χ4n) is 2.60. The van der Waals surface area contributed by atoms with Gasteiger partial charge in [0.2, 0.25) is 0 Å². The molecular weight excluding hydrogens is 325 g/mol. The summed E-state index contributed by atoms with van der Waals surface area (Å²) in [5, 5.41) is 0. The number of hydrogen-bond donors (Lipinski definition) is 0. The van der Waals surface area contributed by atoms with Gasteiger partial charge in [-0.2, -0.15) is 0 Å². The zero-order valence-electron chi connectivity index (χ0n) is 13.4. The molecule has 1 aliphatic heterocycles. The predicted octanol–water partition coefficient (Wildman–Crippen LogP) is 1.81. The van der Waals surface area contributed by atoms with Crippen LogP contribution in [0.5, 0.6) is 0 Å². The van der Waals surface area contributed by atoms with Crippen LogP contribution in [0.4, 0.5) is 13.2 Å². The summed E-state index contributed by atoms with van der Waals surface area (Å²) in [6, 6.07) is 1.38. The lowest BCUT2D eigenvalue weighted by Gasteiger charge is -2.22. The standard InChI is InChI=1S/C16H19F3N2O3/c1-2-24-13(22)10-20-6-3-7-21(9-8-20)16(23)14-11(17)4-5-12(18)15(14)19/h4-5H,2-3,6-10H2,1H3. The van der Waals surface area contributed by atoms with E-state index in [9.17, 15) is 22.8 Å². The number of ether oxygens (including phenoxy) is 1. The lowest BCUT2D eigenvalue weighted by molar-refractivity contribution is -0.144. The fraction of sp³-hybridized carbons (Fsp3) is 0.500. The minimum Gasteiger partial charge on any atom is -0.465 e. The zero-order valence-corrected chi connectivity index (χ0v) is 13.4. The quantitative estimate of drug-likeness (QED) is 0.618. The molecule has 1 heterocycles. The monoisotopic (exact) mass is 344 g/mol. The maximum Gasteiger partial charge on any atom is 0.320 e. The van der Waals surface area contributed by atoms with Crippen molar-refractivity contribution >= 4 is 11.9 Å². The first-order valence-electron chi connectivity index (χ1n) is 7.74. The van der Waals surface area contributed by atoms with Crippen LogP contribution < -0.4 is 0 Å². The summed E-state index contributed by atoms with van der Waals surface area (Å²) in [7, 11) is 0. The van der Waals surface area contributed by atoms with Gasteiger partial charge in [0.25, 0.3) is 5.91 Å². The van der Waals surface area contributed by atoms with Crippen molar-refractivity contribution in [3.8, 4) is 0 Å². The average Bonchev–Trinajstić information content (AvgIpc) is 2.77. The number of amides is 1. The van der Waals surface area contributed by atoms with E-state index in [0.29, 0.717) is 25.6 Å². The van der Waals surface area contributed by atoms with E-state index in [1.165, 1.54) is 4.90 Å². The van der Waals surface area contributed by atoms with Crippen molar-refractivity contribution < 1.29 is 27.5 Å². The second-order valence-electron chi connectivity index (χ2n) is 5.45. The van der Waals surface area contributed by atoms with Crippen molar-refractivity contribution in [1.29, 1.82) is 0 Å². The van der Waals surface area contributed by atoms with Gasteiger partial charge in [0.05, 0.1) is 13.2 Å². The third-order valence-electron chi connectivity index (χ3n) is 3.79. The van der Waals surface area contributed by atoms with Crippen LogP contribution in [-0.4, -0.2) is 61.0 Å². The number of esters is 1. The van der Waals surface area contributed by atoms with E-state index in [-0.39, 0.29) is 32.2 Å². The van der Waals surface area contributed by atoms with E-state index in [2.05, 4.69) is 0 Å². The Balaban J connectivity index is 2.05. The second kappa shape index (κ2) is 8.14. The molecule has 0 saturated carbocycles. The van der Waals surface area contributed by atoms with Crippen molar-refractivity contribution in [2.75, 3.05) is 39.3 Å². The molecule has 2 rings (SSSR count). The molecule has 0 aliphatic carbocycles. The Kier molecular flexibility index (Phi) is 6.19. The first-order valence-corrected chi connectivity index (χ1v) is 7.74. The molecule has 8 heteroatoms. The first kappa shape index (κ1) is 18.3. The Bertz CT molecular complexity index is 625. The fourth-order valence-corrected chi connectivity index (χ4v) is 2.60. The number of halogens is 3. The highest BCUT2D eigenvalue weighted by Gasteiger charge is 2.27. The molecule has 1 aromatic carbocycles. The van der Waals surface area contributed by atoms with Gasteiger partial charge in [0.15, 0.2) is 11.6 Å². The summed E-state index contributed by atoms with van der Waals surface area (Å²) < 4.78 is 45.7. The number of carbonyl (C=O) groups excluding carboxylic acids is 2. The molecule has 0 N–H and O–H groups in total. The van der Waals surface area contributed by atoms with Crippen LogP contribution in [-0.2, 0) is 9.53 Å². The highest BCUT2D eigenvalue weighted by atomic mass is 19.2. The second-order valence-corrected chi connectivity index (χ2v) is 5.45. The highest BCUT2D eigenvalue weighted by molar-refractivity contribution is 5.94. The van der Waals surface area contributed by atoms with E-state index in [4.69, 9.17) is 4.74 Å². The van der Waals surface area contributed by atoms with Gasteiger partial charge >= 0.3 is 5.97 Å². The minimum absolute atomic E-state index is 0.0958. The van der Waals surface area contributed by atoms with Crippen LogP contribution in [0.3, 0.4) is 0 Å². The third kappa shape index (κ3) is 4.25. The molecule has 0 radical (unpaired) electrons. The van der Waals surface area contributed by atoms with Crippen LogP contribution in [0.2, 0.25) is 0 Å². The molecule has 1 saturated heterocycles. The van der Waals surface area contributed by atoms with Gasteiger partial charge in [-0.25, -0.2) is 13.2 Å². The van der Waals surface area contributed by atoms with E-state index < -0.39 is 28.9 Å². The Morgan fingerprint density at radius 3 is 2.50 bits per heavy atom. The molecule has 0 spiro atoms. The van der Waals surface area contributed by atoms with Crippen molar-refractivity contribution in [2.45, 2.75) is 13.3 Å². The molecule has 24 heavy (non-hydrogen) atoms. The van der Waals surface area contributed by atoms with Gasteiger partial charge in [-0.05, 0) is 25.5 Å². The Hall–Kier alpha value is -2.09. The number of rotatable bonds is 4. The zero-order chi connectivity index (χ0) is 17.7. The molecular formula is C16H19F3N2O3. The van der Waals surface area contributed by atoms with E-state index >= 15 is 0 Å². The lowest BCUT2D eigenvalue weighted by atomic mass is 10.1. The van der Waals surface area contributed by atoms with E-state index in [1.807, 2.05) is 4.90 Å². The molecule has 1 aliphatic rings. The van der Waals surface area contributed by atoms with Crippen molar-refractivity contribution in [3.63, 3.8) is 0 Å². The lowest BCUT2D eigenvalue weighted by Crippen LogP contribution is -2.37. The number of nitrogens with zero attached hydrogens (tertiary/aromatic N) is 2. The van der Waals surface area contributed by atoms with Crippen molar-refractivity contribution in [2.24, 2.45) is 0 Å². The third-order valence-corrected chi connectivity index (χ3v) is 3.79. The van der Waals surface area contributed by atoms with Crippen LogP contribution in [0.1, 0.15) is 23.7 Å². The Labute approximate surface area is 138 Å². The Morgan fingerprint density at radius 1 is 1.08 bits per heavy atom. The largest absolute Gasteiger partial charge is 0.465 e. The summed E-state index contributed by atoms with van der Waals surface area (Å²) in [5.41, 5.74) is -0.881. The molecule has 132 valence electrons. The Morgan fingerprint density at radius 2 is 1.79 bits per heavy atom. The van der Waals surface area contributed by atoms with Gasteiger partial charge in [-0.1, -0.05) is 0 Å². The molecule has 0 aromatic heterocycles. The van der Waals surface area contributed by atoms with E-state index in [0.717, 1.165) is 6.07 Å². The van der Waals surface area contributed by atoms with Gasteiger partial charge in [0.1, 0.15) is 11.4 Å². The van der Waals surface area contributed by atoms with Crippen LogP contribution >= 0.6 is 0 Å². The van der Waals surface area contributed by atoms with Gasteiger partial charge in [0, 0.05) is 26.2 Å². The van der Waals surface area contributed by atoms with Crippen LogP contribution in [0, 0.1) is 17.5 Å². The van der Waals surface area contributed by atoms with Crippen LogP contribution in [0.15, 0.2) is 12.1 Å². The van der Waals surface area contributed by atoms with E-state index in [1.54, 1.807) is 6.92 Å². The molecule has 0 atom stereocenters. The van der Waals surface area contributed by atoms with Gasteiger partial charge < -0.3 is 9.64 Å². The molecule has 1 fully saturated rings. The first-order chi connectivity index (χ1) is 11.4. The summed E-state index contributed by atoms with van der Waals surface area (Å²) >= 11 is 0. The molecule has 5 nitrogen and oxygen atoms in total. The summed E-state index contributed by atoms with van der Waals surface area (Å²) in [5.74, 6) is -5.08. The maximum absolute atomic E-state index is 13.8. The molecule has 0 bridgehead atoms. The molecule has 1 amide bonds. The smallest absolute Gasteiger partial charge is 0.320 e. The van der Waals surface area contributed by atoms with Crippen molar-refractivity contribution in [1.82, 2.24) is 9.80 Å². The maximum atomic E-state index is 13.8.